The maximum absolute atomic E-state index is 13.2. The minimum absolute atomic E-state index is 0.171. The fraction of sp³-hybridized carbons (Fsp3) is 0.333. The summed E-state index contributed by atoms with van der Waals surface area (Å²) in [6.07, 6.45) is 0.997. The van der Waals surface area contributed by atoms with Crippen LogP contribution in [0.4, 0.5) is 4.39 Å². The average Bonchev–Trinajstić information content (AvgIpc) is 2.46. The van der Waals surface area contributed by atoms with Gasteiger partial charge in [0.1, 0.15) is 5.82 Å². The van der Waals surface area contributed by atoms with Gasteiger partial charge in [0, 0.05) is 16.7 Å². The molecule has 2 aromatic rings. The molecule has 2 aromatic carbocycles. The van der Waals surface area contributed by atoms with Crippen molar-refractivity contribution in [1.29, 1.82) is 0 Å². The lowest BCUT2D eigenvalue weighted by Gasteiger charge is -2.19. The smallest absolute Gasteiger partial charge is 0.124 e. The molecule has 0 radical (unpaired) electrons. The molecule has 1 unspecified atom stereocenters. The highest BCUT2D eigenvalue weighted by molar-refractivity contribution is 7.99. The molecule has 0 aliphatic carbocycles. The van der Waals surface area contributed by atoms with Crippen LogP contribution in [0, 0.1) is 19.7 Å². The third kappa shape index (κ3) is 4.58. The van der Waals surface area contributed by atoms with Crippen molar-refractivity contribution < 1.29 is 4.39 Å². The number of hydrogen-bond acceptors (Lipinski definition) is 2. The monoisotopic (exact) mass is 303 g/mol. The number of nitrogens with one attached hydrogen (secondary N) is 1. The zero-order valence-corrected chi connectivity index (χ0v) is 13.6. The van der Waals surface area contributed by atoms with Crippen molar-refractivity contribution in [3.8, 4) is 0 Å². The summed E-state index contributed by atoms with van der Waals surface area (Å²) in [5, 5.41) is 3.38. The van der Waals surface area contributed by atoms with E-state index in [-0.39, 0.29) is 5.82 Å². The van der Waals surface area contributed by atoms with Crippen molar-refractivity contribution in [2.45, 2.75) is 31.2 Å². The van der Waals surface area contributed by atoms with Gasteiger partial charge in [-0.2, -0.15) is 0 Å². The molecule has 112 valence electrons. The second-order valence-electron chi connectivity index (χ2n) is 5.33. The molecule has 1 atom stereocenters. The first-order valence-corrected chi connectivity index (χ1v) is 8.19. The molecular formula is C18H22FNS. The molecule has 3 heteroatoms. The minimum atomic E-state index is -0.171. The van der Waals surface area contributed by atoms with Gasteiger partial charge in [-0.25, -0.2) is 4.39 Å². The van der Waals surface area contributed by atoms with Gasteiger partial charge in [-0.15, -0.1) is 11.8 Å². The number of likely N-dealkylation sites (N-methyl/N-ethyl adjacent to an activating group) is 1. The zero-order valence-electron chi connectivity index (χ0n) is 12.8. The number of thioether (sulfide) groups is 1. The maximum atomic E-state index is 13.2. The number of benzene rings is 2. The molecule has 0 saturated carbocycles. The van der Waals surface area contributed by atoms with Crippen molar-refractivity contribution in [2.75, 3.05) is 12.8 Å². The molecule has 1 nitrogen and oxygen atoms in total. The standard InChI is InChI=1S/C18H22FNS/c1-13-6-4-7-14(2)18(13)11-16(20-3)12-21-17-9-5-8-15(19)10-17/h4-10,16,20H,11-12H2,1-3H3. The zero-order chi connectivity index (χ0) is 15.2. The predicted molar refractivity (Wildman–Crippen MR) is 89.6 cm³/mol. The first-order valence-electron chi connectivity index (χ1n) is 7.21. The van der Waals surface area contributed by atoms with E-state index in [1.807, 2.05) is 13.1 Å². The largest absolute Gasteiger partial charge is 0.316 e. The summed E-state index contributed by atoms with van der Waals surface area (Å²) in [5.41, 5.74) is 4.09. The molecule has 0 heterocycles. The summed E-state index contributed by atoms with van der Waals surface area (Å²) in [7, 11) is 1.99. The Kier molecular flexibility index (Phi) is 5.83. The van der Waals surface area contributed by atoms with Crippen LogP contribution >= 0.6 is 11.8 Å². The molecule has 1 N–H and O–H groups in total. The quantitative estimate of drug-likeness (QED) is 0.796. The summed E-state index contributed by atoms with van der Waals surface area (Å²) in [6, 6.07) is 13.6. The fourth-order valence-corrected chi connectivity index (χ4v) is 3.46. The van der Waals surface area contributed by atoms with Gasteiger partial charge in [-0.3, -0.25) is 0 Å². The summed E-state index contributed by atoms with van der Waals surface area (Å²) >= 11 is 1.70. The van der Waals surface area contributed by atoms with Crippen LogP contribution in [0.5, 0.6) is 0 Å². The van der Waals surface area contributed by atoms with Crippen LogP contribution < -0.4 is 5.32 Å². The second kappa shape index (κ2) is 7.62. The van der Waals surface area contributed by atoms with Crippen molar-refractivity contribution >= 4 is 11.8 Å². The van der Waals surface area contributed by atoms with Crippen molar-refractivity contribution in [3.63, 3.8) is 0 Å². The Morgan fingerprint density at radius 1 is 1.10 bits per heavy atom. The molecule has 2 rings (SSSR count). The molecule has 0 fully saturated rings. The Morgan fingerprint density at radius 3 is 2.38 bits per heavy atom. The summed E-state index contributed by atoms with van der Waals surface area (Å²) in [4.78, 5) is 0.983. The van der Waals surface area contributed by atoms with Gasteiger partial charge in [0.2, 0.25) is 0 Å². The van der Waals surface area contributed by atoms with Crippen molar-refractivity contribution in [1.82, 2.24) is 5.32 Å². The number of aryl methyl sites for hydroxylation is 2. The summed E-state index contributed by atoms with van der Waals surface area (Å²) in [6.45, 7) is 4.32. The lowest BCUT2D eigenvalue weighted by atomic mass is 9.97. The first-order chi connectivity index (χ1) is 10.1. The Balaban J connectivity index is 2.00. The molecular weight excluding hydrogens is 281 g/mol. The maximum Gasteiger partial charge on any atom is 0.124 e. The van der Waals surface area contributed by atoms with Gasteiger partial charge in [0.25, 0.3) is 0 Å². The fourth-order valence-electron chi connectivity index (χ4n) is 2.42. The van der Waals surface area contributed by atoms with Crippen LogP contribution in [0.15, 0.2) is 47.4 Å². The third-order valence-corrected chi connectivity index (χ3v) is 4.91. The lowest BCUT2D eigenvalue weighted by Crippen LogP contribution is -2.30. The van der Waals surface area contributed by atoms with E-state index in [0.29, 0.717) is 6.04 Å². The Morgan fingerprint density at radius 2 is 1.76 bits per heavy atom. The number of rotatable bonds is 6. The molecule has 0 spiro atoms. The van der Waals surface area contributed by atoms with E-state index in [0.717, 1.165) is 17.1 Å². The molecule has 0 aliphatic heterocycles. The molecule has 21 heavy (non-hydrogen) atoms. The minimum Gasteiger partial charge on any atom is -0.316 e. The van der Waals surface area contributed by atoms with Crippen LogP contribution in [0.2, 0.25) is 0 Å². The van der Waals surface area contributed by atoms with Gasteiger partial charge < -0.3 is 5.32 Å². The van der Waals surface area contributed by atoms with E-state index in [2.05, 4.69) is 37.4 Å². The van der Waals surface area contributed by atoms with Gasteiger partial charge >= 0.3 is 0 Å². The Labute approximate surface area is 131 Å². The topological polar surface area (TPSA) is 12.0 Å². The summed E-state index contributed by atoms with van der Waals surface area (Å²) in [5.74, 6) is 0.754. The van der Waals surface area contributed by atoms with Gasteiger partial charge in [-0.05, 0) is 62.2 Å². The highest BCUT2D eigenvalue weighted by Crippen LogP contribution is 2.22. The molecule has 0 aliphatic rings. The van der Waals surface area contributed by atoms with Gasteiger partial charge in [0.15, 0.2) is 0 Å². The average molecular weight is 303 g/mol. The molecule has 0 amide bonds. The SMILES string of the molecule is CNC(CSc1cccc(F)c1)Cc1c(C)cccc1C. The third-order valence-electron chi connectivity index (χ3n) is 3.75. The Bertz CT molecular complexity index is 577. The van der Waals surface area contributed by atoms with E-state index >= 15 is 0 Å². The first kappa shape index (κ1) is 16.1. The van der Waals surface area contributed by atoms with E-state index in [9.17, 15) is 4.39 Å². The molecule has 0 saturated heterocycles. The second-order valence-corrected chi connectivity index (χ2v) is 6.42. The van der Waals surface area contributed by atoms with Crippen LogP contribution in [-0.4, -0.2) is 18.8 Å². The number of halogens is 1. The number of hydrogen-bond donors (Lipinski definition) is 1. The highest BCUT2D eigenvalue weighted by Gasteiger charge is 2.11. The Hall–Kier alpha value is -1.32. The van der Waals surface area contributed by atoms with E-state index in [1.165, 1.54) is 22.8 Å². The van der Waals surface area contributed by atoms with Crippen LogP contribution in [0.25, 0.3) is 0 Å². The lowest BCUT2D eigenvalue weighted by molar-refractivity contribution is 0.613. The summed E-state index contributed by atoms with van der Waals surface area (Å²) < 4.78 is 13.2. The van der Waals surface area contributed by atoms with E-state index in [1.54, 1.807) is 23.9 Å². The van der Waals surface area contributed by atoms with Crippen LogP contribution in [-0.2, 0) is 6.42 Å². The van der Waals surface area contributed by atoms with Crippen LogP contribution in [0.1, 0.15) is 16.7 Å². The van der Waals surface area contributed by atoms with Crippen LogP contribution in [0.3, 0.4) is 0 Å². The van der Waals surface area contributed by atoms with E-state index < -0.39 is 0 Å². The molecule has 0 aromatic heterocycles. The highest BCUT2D eigenvalue weighted by atomic mass is 32.2. The molecule has 0 bridgehead atoms. The van der Waals surface area contributed by atoms with Crippen molar-refractivity contribution in [3.05, 3.63) is 65.0 Å². The van der Waals surface area contributed by atoms with Gasteiger partial charge in [-0.1, -0.05) is 24.3 Å². The normalized spacial score (nSPS) is 12.4. The van der Waals surface area contributed by atoms with E-state index in [4.69, 9.17) is 0 Å². The predicted octanol–water partition coefficient (Wildman–Crippen LogP) is 4.37. The van der Waals surface area contributed by atoms with Crippen molar-refractivity contribution in [2.24, 2.45) is 0 Å². The van der Waals surface area contributed by atoms with Gasteiger partial charge in [0.05, 0.1) is 0 Å².